The summed E-state index contributed by atoms with van der Waals surface area (Å²) in [6, 6.07) is -3.57. The van der Waals surface area contributed by atoms with Gasteiger partial charge in [0.05, 0.1) is 17.3 Å². The lowest BCUT2D eigenvalue weighted by Crippen LogP contribution is -2.63. The van der Waals surface area contributed by atoms with Gasteiger partial charge in [0.2, 0.25) is 17.6 Å². The van der Waals surface area contributed by atoms with E-state index in [1.807, 2.05) is 20.8 Å². The molecule has 13 heteroatoms. The number of nitrogens with zero attached hydrogens (tertiary/aromatic N) is 1. The third-order valence-corrected chi connectivity index (χ3v) is 11.9. The van der Waals surface area contributed by atoms with Crippen molar-refractivity contribution in [2.45, 2.75) is 135 Å². The van der Waals surface area contributed by atoms with Crippen molar-refractivity contribution in [3.05, 3.63) is 0 Å². The van der Waals surface area contributed by atoms with E-state index >= 15 is 0 Å². The number of hydrogen-bond acceptors (Lipinski definition) is 7. The number of nitrogens with one attached hydrogen (secondary N) is 3. The molecule has 4 atom stereocenters. The highest BCUT2D eigenvalue weighted by molar-refractivity contribution is 7.90. The zero-order valence-electron chi connectivity index (χ0n) is 28.3. The maximum atomic E-state index is 14.5. The number of hydrogen-bond donors (Lipinski definition) is 4. The summed E-state index contributed by atoms with van der Waals surface area (Å²) in [6.45, 7) is 7.97. The second kappa shape index (κ2) is 13.8. The van der Waals surface area contributed by atoms with Crippen molar-refractivity contribution in [2.24, 2.45) is 28.4 Å². The first-order chi connectivity index (χ1) is 21.3. The largest absolute Gasteiger partial charge is 0.363 e. The van der Waals surface area contributed by atoms with E-state index < -0.39 is 68.5 Å². The number of sulfone groups is 1. The van der Waals surface area contributed by atoms with E-state index in [0.29, 0.717) is 32.2 Å². The molecule has 46 heavy (non-hydrogen) atoms. The van der Waals surface area contributed by atoms with Crippen LogP contribution < -0.4 is 21.7 Å². The Morgan fingerprint density at radius 3 is 2.02 bits per heavy atom. The predicted octanol–water partition coefficient (Wildman–Crippen LogP) is 2.58. The van der Waals surface area contributed by atoms with Crippen LogP contribution >= 0.6 is 0 Å². The molecule has 5 amide bonds. The molecule has 0 aromatic rings. The molecule has 4 aliphatic rings. The number of amides is 5. The number of rotatable bonds is 12. The van der Waals surface area contributed by atoms with E-state index in [2.05, 4.69) is 22.9 Å². The number of primary amides is 1. The molecule has 1 aliphatic heterocycles. The quantitative estimate of drug-likeness (QED) is 0.231. The number of likely N-dealkylation sites (tertiary alicyclic amines) is 1. The van der Waals surface area contributed by atoms with Crippen LogP contribution in [-0.2, 0) is 29.0 Å². The standard InChI is InChI=1S/C33H55N5O7S/c1-31(2,3)26(36-30(43)37-33(20-46(5,44)45)16-7-6-8-17-33)29(42)38-18-13-22(32(4)14-9-10-15-32)24(38)28(41)35-23(19-21-11-12-21)25(39)27(34)40/h21-24,26H,6-20H2,1-5H3,(H2,34,40)(H,35,41)(H2,36,37,43)/t22?,23?,24-,26+/m0/s1. The van der Waals surface area contributed by atoms with Gasteiger partial charge in [-0.2, -0.15) is 0 Å². The first-order valence-corrected chi connectivity index (χ1v) is 19.1. The summed E-state index contributed by atoms with van der Waals surface area (Å²) in [5.41, 5.74) is 3.50. The van der Waals surface area contributed by atoms with Crippen molar-refractivity contribution >= 4 is 39.4 Å². The molecule has 0 spiro atoms. The Kier molecular flexibility index (Phi) is 10.8. The van der Waals surface area contributed by atoms with Gasteiger partial charge in [-0.3, -0.25) is 19.2 Å². The number of urea groups is 1. The molecule has 4 fully saturated rings. The van der Waals surface area contributed by atoms with Gasteiger partial charge in [0, 0.05) is 12.8 Å². The highest BCUT2D eigenvalue weighted by Crippen LogP contribution is 2.50. The average molecular weight is 666 g/mol. The Hall–Kier alpha value is -2.70. The topological polar surface area (TPSA) is 185 Å². The molecule has 1 saturated heterocycles. The van der Waals surface area contributed by atoms with Crippen molar-refractivity contribution in [1.82, 2.24) is 20.9 Å². The van der Waals surface area contributed by atoms with Crippen molar-refractivity contribution in [3.63, 3.8) is 0 Å². The van der Waals surface area contributed by atoms with E-state index in [4.69, 9.17) is 5.73 Å². The lowest BCUT2D eigenvalue weighted by molar-refractivity contribution is -0.145. The SMILES string of the molecule is CC1(C2CCN(C(=O)[C@@H](NC(=O)NC3(CS(C)(=O)=O)CCCCC3)C(C)(C)C)[C@@H]2C(=O)NC(CC2CC2)C(=O)C(N)=O)CCCC1. The zero-order valence-corrected chi connectivity index (χ0v) is 29.1. The van der Waals surface area contributed by atoms with Gasteiger partial charge in [0.15, 0.2) is 0 Å². The van der Waals surface area contributed by atoms with Crippen LogP contribution in [-0.4, -0.2) is 85.1 Å². The minimum Gasteiger partial charge on any atom is -0.363 e. The van der Waals surface area contributed by atoms with E-state index in [0.717, 1.165) is 64.0 Å². The maximum absolute atomic E-state index is 14.5. The third-order valence-electron chi connectivity index (χ3n) is 10.8. The van der Waals surface area contributed by atoms with Crippen LogP contribution in [0.1, 0.15) is 111 Å². The van der Waals surface area contributed by atoms with Crippen molar-refractivity contribution in [1.29, 1.82) is 0 Å². The van der Waals surface area contributed by atoms with Gasteiger partial charge >= 0.3 is 6.03 Å². The Morgan fingerprint density at radius 2 is 1.50 bits per heavy atom. The fourth-order valence-electron chi connectivity index (χ4n) is 8.25. The third kappa shape index (κ3) is 8.80. The Balaban J connectivity index is 1.60. The van der Waals surface area contributed by atoms with Gasteiger partial charge in [-0.25, -0.2) is 13.2 Å². The summed E-state index contributed by atoms with van der Waals surface area (Å²) in [6.07, 6.45) is 11.4. The fourth-order valence-corrected chi connectivity index (χ4v) is 9.62. The van der Waals surface area contributed by atoms with Gasteiger partial charge in [0.25, 0.3) is 5.91 Å². The van der Waals surface area contributed by atoms with Crippen LogP contribution in [0.5, 0.6) is 0 Å². The summed E-state index contributed by atoms with van der Waals surface area (Å²) in [4.78, 5) is 68.4. The van der Waals surface area contributed by atoms with Crippen molar-refractivity contribution in [2.75, 3.05) is 18.6 Å². The molecule has 1 heterocycles. The minimum absolute atomic E-state index is 0.168. The summed E-state index contributed by atoms with van der Waals surface area (Å²) in [7, 11) is -3.39. The van der Waals surface area contributed by atoms with Gasteiger partial charge < -0.3 is 26.6 Å². The lowest BCUT2D eigenvalue weighted by Gasteiger charge is -2.41. The molecule has 3 aliphatic carbocycles. The van der Waals surface area contributed by atoms with E-state index in [1.165, 1.54) is 0 Å². The van der Waals surface area contributed by atoms with E-state index in [-0.39, 0.29) is 23.0 Å². The van der Waals surface area contributed by atoms with Crippen LogP contribution in [0.2, 0.25) is 0 Å². The Labute approximate surface area is 274 Å². The van der Waals surface area contributed by atoms with Crippen molar-refractivity contribution in [3.8, 4) is 0 Å². The molecular formula is C33H55N5O7S. The van der Waals surface area contributed by atoms with Gasteiger partial charge in [0.1, 0.15) is 21.9 Å². The van der Waals surface area contributed by atoms with Crippen LogP contribution in [0.3, 0.4) is 0 Å². The second-order valence-electron chi connectivity index (χ2n) is 16.0. The lowest BCUT2D eigenvalue weighted by atomic mass is 9.71. The van der Waals surface area contributed by atoms with E-state index in [1.54, 1.807) is 4.90 Å². The first kappa shape index (κ1) is 36.1. The molecule has 0 bridgehead atoms. The number of nitrogens with two attached hydrogens (primary N) is 1. The number of Topliss-reactive ketones (excluding diaryl/α,β-unsaturated/α-hetero) is 1. The number of carbonyl (C=O) groups is 5. The second-order valence-corrected chi connectivity index (χ2v) is 18.2. The van der Waals surface area contributed by atoms with Crippen molar-refractivity contribution < 1.29 is 32.4 Å². The van der Waals surface area contributed by atoms with Gasteiger partial charge in [-0.1, -0.05) is 72.6 Å². The minimum atomic E-state index is -3.39. The smallest absolute Gasteiger partial charge is 0.315 e. The normalized spacial score (nSPS) is 25.7. The van der Waals surface area contributed by atoms with Gasteiger partial charge in [-0.05, 0) is 61.2 Å². The molecule has 3 saturated carbocycles. The first-order valence-electron chi connectivity index (χ1n) is 17.1. The van der Waals surface area contributed by atoms with Crippen LogP contribution in [0.15, 0.2) is 0 Å². The average Bonchev–Trinajstić information content (AvgIpc) is 3.45. The number of carbonyl (C=O) groups excluding carboxylic acids is 5. The van der Waals surface area contributed by atoms with Crippen LogP contribution in [0.25, 0.3) is 0 Å². The molecule has 0 radical (unpaired) electrons. The molecule has 0 aromatic carbocycles. The highest BCUT2D eigenvalue weighted by atomic mass is 32.2. The summed E-state index contributed by atoms with van der Waals surface area (Å²) in [5, 5.41) is 8.64. The molecular weight excluding hydrogens is 610 g/mol. The molecule has 12 nitrogen and oxygen atoms in total. The maximum Gasteiger partial charge on any atom is 0.315 e. The zero-order chi connectivity index (χ0) is 34.1. The summed E-state index contributed by atoms with van der Waals surface area (Å²) in [5.74, 6) is -2.93. The van der Waals surface area contributed by atoms with Crippen LogP contribution in [0.4, 0.5) is 4.79 Å². The molecule has 0 aromatic heterocycles. The van der Waals surface area contributed by atoms with Gasteiger partial charge in [-0.15, -0.1) is 0 Å². The van der Waals surface area contributed by atoms with E-state index in [9.17, 15) is 32.4 Å². The van der Waals surface area contributed by atoms with Crippen LogP contribution in [0, 0.1) is 22.7 Å². The molecule has 4 rings (SSSR count). The highest BCUT2D eigenvalue weighted by Gasteiger charge is 2.53. The number of ketones is 1. The monoisotopic (exact) mass is 665 g/mol. The fraction of sp³-hybridized carbons (Fsp3) is 0.848. The predicted molar refractivity (Wildman–Crippen MR) is 174 cm³/mol. The Morgan fingerprint density at radius 1 is 0.913 bits per heavy atom. The molecule has 260 valence electrons. The molecule has 2 unspecified atom stereocenters. The summed E-state index contributed by atoms with van der Waals surface area (Å²) < 4.78 is 24.6. The molecule has 5 N–H and O–H groups in total. The summed E-state index contributed by atoms with van der Waals surface area (Å²) >= 11 is 0. The Bertz CT molecular complexity index is 1290.